The molecule has 3 nitrogen and oxygen atoms in total. The van der Waals surface area contributed by atoms with Crippen molar-refractivity contribution in [3.63, 3.8) is 0 Å². The predicted octanol–water partition coefficient (Wildman–Crippen LogP) is 1.66. The Morgan fingerprint density at radius 3 is 2.31 bits per heavy atom. The van der Waals surface area contributed by atoms with E-state index >= 15 is 0 Å². The molecule has 2 atom stereocenters. The summed E-state index contributed by atoms with van der Waals surface area (Å²) in [6.45, 7) is 2.42. The Labute approximate surface area is 103 Å². The minimum Gasteiger partial charge on any atom is -0.296 e. The zero-order valence-electron chi connectivity index (χ0n) is 9.73. The largest absolute Gasteiger partial charge is 0.296 e. The molecule has 16 heavy (non-hydrogen) atoms. The summed E-state index contributed by atoms with van der Waals surface area (Å²) in [5.41, 5.74) is 0. The number of nitrogens with zero attached hydrogens (tertiary/aromatic N) is 1. The molecule has 0 N–H and O–H groups in total. The summed E-state index contributed by atoms with van der Waals surface area (Å²) in [4.78, 5) is 2.38. The number of fused-ring (bicyclic) bond motifs is 2. The molecule has 94 valence electrons. The van der Waals surface area contributed by atoms with E-state index in [1.54, 1.807) is 6.92 Å². The average molecular weight is 266 g/mol. The molecule has 0 radical (unpaired) electrons. The Morgan fingerprint density at radius 1 is 1.25 bits per heavy atom. The van der Waals surface area contributed by atoms with Crippen LogP contribution in [-0.2, 0) is 9.84 Å². The highest BCUT2D eigenvalue weighted by Gasteiger charge is 2.39. The Morgan fingerprint density at radius 2 is 1.81 bits per heavy atom. The molecule has 2 saturated heterocycles. The fourth-order valence-corrected chi connectivity index (χ4v) is 4.15. The first-order valence-electron chi connectivity index (χ1n) is 6.12. The Balaban J connectivity index is 1.92. The van der Waals surface area contributed by atoms with Gasteiger partial charge in [0.05, 0.1) is 5.75 Å². The van der Waals surface area contributed by atoms with E-state index in [4.69, 9.17) is 11.6 Å². The summed E-state index contributed by atoms with van der Waals surface area (Å²) < 4.78 is 23.0. The van der Waals surface area contributed by atoms with Gasteiger partial charge in [0.1, 0.15) is 0 Å². The van der Waals surface area contributed by atoms with E-state index in [-0.39, 0.29) is 5.75 Å². The van der Waals surface area contributed by atoms with Crippen molar-refractivity contribution in [1.82, 2.24) is 4.90 Å². The van der Waals surface area contributed by atoms with Gasteiger partial charge in [-0.05, 0) is 25.7 Å². The maximum Gasteiger partial charge on any atom is 0.151 e. The van der Waals surface area contributed by atoms with E-state index in [1.807, 2.05) is 0 Å². The van der Waals surface area contributed by atoms with Crippen LogP contribution in [0.2, 0.25) is 0 Å². The van der Waals surface area contributed by atoms with Crippen molar-refractivity contribution in [2.45, 2.75) is 50.1 Å². The minimum absolute atomic E-state index is 0.258. The zero-order valence-corrected chi connectivity index (χ0v) is 11.3. The quantitative estimate of drug-likeness (QED) is 0.726. The maximum absolute atomic E-state index is 11.5. The van der Waals surface area contributed by atoms with Crippen molar-refractivity contribution < 1.29 is 8.42 Å². The summed E-state index contributed by atoms with van der Waals surface area (Å²) in [6.07, 6.45) is 4.45. The fraction of sp³-hybridized carbons (Fsp3) is 1.00. The Kier molecular flexibility index (Phi) is 3.82. The molecular formula is C11H20ClNO2S. The third-order valence-electron chi connectivity index (χ3n) is 3.93. The van der Waals surface area contributed by atoms with Crippen LogP contribution in [0.15, 0.2) is 0 Å². The molecule has 5 heteroatoms. The van der Waals surface area contributed by atoms with E-state index < -0.39 is 9.84 Å². The Bertz CT molecular complexity index is 330. The number of sulfone groups is 1. The molecule has 0 aliphatic carbocycles. The predicted molar refractivity (Wildman–Crippen MR) is 66.7 cm³/mol. The van der Waals surface area contributed by atoms with Gasteiger partial charge >= 0.3 is 0 Å². The highest BCUT2D eigenvalue weighted by atomic mass is 35.5. The molecule has 0 spiro atoms. The lowest BCUT2D eigenvalue weighted by atomic mass is 10.0. The second-order valence-electron chi connectivity index (χ2n) is 4.93. The van der Waals surface area contributed by atoms with Crippen molar-refractivity contribution in [1.29, 1.82) is 0 Å². The van der Waals surface area contributed by atoms with Gasteiger partial charge in [0.25, 0.3) is 0 Å². The molecule has 2 heterocycles. The SMILES string of the molecule is CCS(=O)(=O)CCN1C2CCC1CC(Cl)C2. The smallest absolute Gasteiger partial charge is 0.151 e. The van der Waals surface area contributed by atoms with Crippen LogP contribution in [0.25, 0.3) is 0 Å². The van der Waals surface area contributed by atoms with Gasteiger partial charge in [0.2, 0.25) is 0 Å². The van der Waals surface area contributed by atoms with Crippen LogP contribution in [0, 0.1) is 0 Å². The molecular weight excluding hydrogens is 246 g/mol. The summed E-state index contributed by atoms with van der Waals surface area (Å²) in [5, 5.41) is 0.302. The second kappa shape index (κ2) is 4.83. The molecule has 0 aromatic rings. The lowest BCUT2D eigenvalue weighted by molar-refractivity contribution is 0.152. The van der Waals surface area contributed by atoms with Crippen molar-refractivity contribution >= 4 is 21.4 Å². The molecule has 0 aromatic carbocycles. The van der Waals surface area contributed by atoms with Crippen LogP contribution in [0.4, 0.5) is 0 Å². The zero-order chi connectivity index (χ0) is 11.8. The summed E-state index contributed by atoms with van der Waals surface area (Å²) in [5.74, 6) is 0.567. The summed E-state index contributed by atoms with van der Waals surface area (Å²) in [6, 6.07) is 1.07. The summed E-state index contributed by atoms with van der Waals surface area (Å²) in [7, 11) is -2.83. The van der Waals surface area contributed by atoms with Gasteiger partial charge in [-0.15, -0.1) is 11.6 Å². The van der Waals surface area contributed by atoms with E-state index in [0.717, 1.165) is 12.8 Å². The van der Waals surface area contributed by atoms with E-state index in [1.165, 1.54) is 12.8 Å². The fourth-order valence-electron chi connectivity index (χ4n) is 2.96. The van der Waals surface area contributed by atoms with Crippen molar-refractivity contribution in [2.24, 2.45) is 0 Å². The lowest BCUT2D eigenvalue weighted by Gasteiger charge is -2.36. The monoisotopic (exact) mass is 265 g/mol. The molecule has 0 aromatic heterocycles. The van der Waals surface area contributed by atoms with Gasteiger partial charge < -0.3 is 0 Å². The molecule has 2 aliphatic rings. The van der Waals surface area contributed by atoms with Crippen LogP contribution >= 0.6 is 11.6 Å². The number of rotatable bonds is 4. The molecule has 2 bridgehead atoms. The second-order valence-corrected chi connectivity index (χ2v) is 8.02. The molecule has 2 unspecified atom stereocenters. The van der Waals surface area contributed by atoms with Crippen molar-refractivity contribution in [2.75, 3.05) is 18.1 Å². The highest BCUT2D eigenvalue weighted by molar-refractivity contribution is 7.91. The van der Waals surface area contributed by atoms with Crippen LogP contribution in [0.1, 0.15) is 32.6 Å². The van der Waals surface area contributed by atoms with Crippen LogP contribution in [-0.4, -0.2) is 48.8 Å². The molecule has 0 amide bonds. The normalized spacial score (nSPS) is 35.5. The first-order valence-corrected chi connectivity index (χ1v) is 8.38. The number of alkyl halides is 1. The van der Waals surface area contributed by atoms with Gasteiger partial charge in [0.15, 0.2) is 9.84 Å². The molecule has 2 aliphatic heterocycles. The first kappa shape index (κ1) is 12.7. The first-order chi connectivity index (χ1) is 7.52. The minimum atomic E-state index is -2.83. The topological polar surface area (TPSA) is 37.4 Å². The molecule has 2 rings (SSSR count). The number of hydrogen-bond donors (Lipinski definition) is 0. The summed E-state index contributed by atoms with van der Waals surface area (Å²) >= 11 is 6.18. The van der Waals surface area contributed by atoms with E-state index in [0.29, 0.717) is 29.8 Å². The van der Waals surface area contributed by atoms with Gasteiger partial charge in [-0.25, -0.2) is 8.42 Å². The van der Waals surface area contributed by atoms with Crippen molar-refractivity contribution in [3.8, 4) is 0 Å². The van der Waals surface area contributed by atoms with Gasteiger partial charge in [-0.2, -0.15) is 0 Å². The highest BCUT2D eigenvalue weighted by Crippen LogP contribution is 2.37. The van der Waals surface area contributed by atoms with Gasteiger partial charge in [-0.1, -0.05) is 6.92 Å². The van der Waals surface area contributed by atoms with Crippen LogP contribution in [0.5, 0.6) is 0 Å². The van der Waals surface area contributed by atoms with Crippen LogP contribution < -0.4 is 0 Å². The average Bonchev–Trinajstić information content (AvgIpc) is 2.47. The number of halogens is 1. The van der Waals surface area contributed by atoms with Gasteiger partial charge in [0, 0.05) is 29.8 Å². The lowest BCUT2D eigenvalue weighted by Crippen LogP contribution is -2.45. The Hall–Kier alpha value is 0.200. The van der Waals surface area contributed by atoms with E-state index in [2.05, 4.69) is 4.90 Å². The van der Waals surface area contributed by atoms with Gasteiger partial charge in [-0.3, -0.25) is 4.90 Å². The third-order valence-corrected chi connectivity index (χ3v) is 5.97. The molecule has 2 fully saturated rings. The van der Waals surface area contributed by atoms with Crippen molar-refractivity contribution in [3.05, 3.63) is 0 Å². The van der Waals surface area contributed by atoms with Crippen LogP contribution in [0.3, 0.4) is 0 Å². The van der Waals surface area contributed by atoms with E-state index in [9.17, 15) is 8.42 Å². The third kappa shape index (κ3) is 2.71. The maximum atomic E-state index is 11.5. The number of hydrogen-bond acceptors (Lipinski definition) is 3. The number of piperidine rings is 1. The standard InChI is InChI=1S/C11H20ClNO2S/c1-2-16(14,15)6-5-13-10-3-4-11(13)8-9(12)7-10/h9-11H,2-8H2,1H3. The molecule has 0 saturated carbocycles.